The summed E-state index contributed by atoms with van der Waals surface area (Å²) >= 11 is 0. The first-order valence-corrected chi connectivity index (χ1v) is 4.32. The van der Waals surface area contributed by atoms with Crippen LogP contribution in [0.5, 0.6) is 0 Å². The van der Waals surface area contributed by atoms with Crippen molar-refractivity contribution in [3.05, 3.63) is 60.1 Å². The van der Waals surface area contributed by atoms with E-state index in [0.29, 0.717) is 5.70 Å². The van der Waals surface area contributed by atoms with Crippen LogP contribution in [-0.2, 0) is 0 Å². The van der Waals surface area contributed by atoms with E-state index in [1.807, 2.05) is 13.8 Å². The lowest BCUT2D eigenvalue weighted by Crippen LogP contribution is -2.04. The Morgan fingerprint density at radius 2 is 1.86 bits per heavy atom. The molecule has 76 valence electrons. The summed E-state index contributed by atoms with van der Waals surface area (Å²) in [6.45, 7) is 10.9. The molecule has 0 aromatic rings. The van der Waals surface area contributed by atoms with E-state index in [2.05, 4.69) is 13.2 Å². The Hall–Kier alpha value is -1.70. The van der Waals surface area contributed by atoms with Gasteiger partial charge in [0.2, 0.25) is 0 Å². The number of rotatable bonds is 4. The smallest absolute Gasteiger partial charge is 0.138 e. The summed E-state index contributed by atoms with van der Waals surface area (Å²) in [5.74, 6) is -0.00471. The molecule has 0 saturated carbocycles. The second-order valence-corrected chi connectivity index (χ2v) is 3.01. The second-order valence-electron chi connectivity index (χ2n) is 3.01. The Morgan fingerprint density at radius 1 is 1.29 bits per heavy atom. The molecule has 0 aliphatic rings. The van der Waals surface area contributed by atoms with Crippen LogP contribution in [0.4, 0.5) is 0 Å². The third-order valence-electron chi connectivity index (χ3n) is 1.70. The Balaban J connectivity index is 5.26. The monoisotopic (exact) mass is 191 g/mol. The molecule has 0 aliphatic carbocycles. The molecule has 0 rings (SSSR count). The molecule has 0 aliphatic heterocycles. The van der Waals surface area contributed by atoms with Gasteiger partial charge in [-0.2, -0.15) is 0 Å². The number of aliphatic hydroxyl groups is 1. The fourth-order valence-corrected chi connectivity index (χ4v) is 0.938. The molecular weight excluding hydrogens is 174 g/mol. The predicted octanol–water partition coefficient (Wildman–Crippen LogP) is 2.98. The molecule has 0 heterocycles. The summed E-state index contributed by atoms with van der Waals surface area (Å²) in [5.41, 5.74) is 7.88. The fourth-order valence-electron chi connectivity index (χ4n) is 0.938. The van der Waals surface area contributed by atoms with E-state index >= 15 is 0 Å². The molecule has 0 radical (unpaired) electrons. The highest BCUT2D eigenvalue weighted by molar-refractivity contribution is 5.44. The summed E-state index contributed by atoms with van der Waals surface area (Å²) in [6.07, 6.45) is 6.55. The van der Waals surface area contributed by atoms with Crippen molar-refractivity contribution in [3.8, 4) is 0 Å². The Kier molecular flexibility index (Phi) is 5.15. The van der Waals surface area contributed by atoms with Crippen LogP contribution in [0.2, 0.25) is 0 Å². The van der Waals surface area contributed by atoms with Crippen molar-refractivity contribution in [2.45, 2.75) is 13.8 Å². The molecule has 0 aromatic carbocycles. The average Bonchev–Trinajstić information content (AvgIpc) is 2.16. The minimum Gasteiger partial charge on any atom is -0.506 e. The number of aliphatic hydroxyl groups excluding tert-OH is 1. The van der Waals surface area contributed by atoms with Gasteiger partial charge in [0.15, 0.2) is 0 Å². The van der Waals surface area contributed by atoms with E-state index in [-0.39, 0.29) is 5.76 Å². The van der Waals surface area contributed by atoms with Crippen LogP contribution in [0.25, 0.3) is 0 Å². The predicted molar refractivity (Wildman–Crippen MR) is 61.8 cm³/mol. The molecule has 3 N–H and O–H groups in total. The van der Waals surface area contributed by atoms with Crippen LogP contribution < -0.4 is 5.73 Å². The molecule has 2 nitrogen and oxygen atoms in total. The number of hydrogen-bond donors (Lipinski definition) is 2. The van der Waals surface area contributed by atoms with E-state index < -0.39 is 0 Å². The molecule has 0 spiro atoms. The Morgan fingerprint density at radius 3 is 2.21 bits per heavy atom. The van der Waals surface area contributed by atoms with Gasteiger partial charge in [-0.25, -0.2) is 0 Å². The van der Waals surface area contributed by atoms with Crippen LogP contribution in [-0.4, -0.2) is 5.11 Å². The van der Waals surface area contributed by atoms with Crippen molar-refractivity contribution in [2.75, 3.05) is 0 Å². The van der Waals surface area contributed by atoms with Crippen molar-refractivity contribution in [1.29, 1.82) is 0 Å². The molecule has 0 saturated heterocycles. The van der Waals surface area contributed by atoms with Crippen LogP contribution in [0.15, 0.2) is 60.1 Å². The van der Waals surface area contributed by atoms with Gasteiger partial charge in [0, 0.05) is 0 Å². The lowest BCUT2D eigenvalue weighted by atomic mass is 10.1. The highest BCUT2D eigenvalue weighted by Gasteiger charge is 2.03. The van der Waals surface area contributed by atoms with E-state index in [1.54, 1.807) is 18.2 Å². The molecule has 0 atom stereocenters. The fraction of sp³-hybridized carbons (Fsp3) is 0.167. The van der Waals surface area contributed by atoms with Gasteiger partial charge in [-0.05, 0) is 25.5 Å². The van der Waals surface area contributed by atoms with Gasteiger partial charge in [-0.3, -0.25) is 0 Å². The van der Waals surface area contributed by atoms with Crippen molar-refractivity contribution < 1.29 is 5.11 Å². The first kappa shape index (κ1) is 12.3. The molecular formula is C12H17NO. The standard InChI is InChI=1S/C12H17NO/c1-5-7-8-10(9(3)4)12(13)11(14)6-2/h5-8,14H,1-2,13H2,3-4H3/b8-7-,12-11-. The Bertz CT molecular complexity index is 315. The molecule has 14 heavy (non-hydrogen) atoms. The lowest BCUT2D eigenvalue weighted by molar-refractivity contribution is 0.426. The first-order chi connectivity index (χ1) is 6.54. The summed E-state index contributed by atoms with van der Waals surface area (Å²) in [6, 6.07) is 0. The zero-order valence-electron chi connectivity index (χ0n) is 8.75. The van der Waals surface area contributed by atoms with Gasteiger partial charge in [0.25, 0.3) is 0 Å². The normalized spacial score (nSPS) is 12.1. The SMILES string of the molecule is C=C/C=C\C(=C(C)C)/C(N)=C(/O)C=C. The first-order valence-electron chi connectivity index (χ1n) is 4.32. The van der Waals surface area contributed by atoms with Gasteiger partial charge < -0.3 is 10.8 Å². The van der Waals surface area contributed by atoms with Gasteiger partial charge in [-0.15, -0.1) is 0 Å². The summed E-state index contributed by atoms with van der Waals surface area (Å²) in [4.78, 5) is 0. The lowest BCUT2D eigenvalue weighted by Gasteiger charge is -2.06. The molecule has 0 unspecified atom stereocenters. The second kappa shape index (κ2) is 5.86. The number of allylic oxidation sites excluding steroid dienone is 5. The largest absolute Gasteiger partial charge is 0.506 e. The quantitative estimate of drug-likeness (QED) is 0.530. The zero-order valence-corrected chi connectivity index (χ0v) is 8.75. The molecule has 0 fully saturated rings. The number of nitrogens with two attached hydrogens (primary N) is 1. The highest BCUT2D eigenvalue weighted by atomic mass is 16.3. The minimum atomic E-state index is -0.00471. The molecule has 0 aromatic heterocycles. The maximum atomic E-state index is 9.39. The van der Waals surface area contributed by atoms with Gasteiger partial charge in [-0.1, -0.05) is 37.0 Å². The van der Waals surface area contributed by atoms with Crippen LogP contribution in [0.3, 0.4) is 0 Å². The van der Waals surface area contributed by atoms with Crippen molar-refractivity contribution in [2.24, 2.45) is 5.73 Å². The van der Waals surface area contributed by atoms with Crippen LogP contribution >= 0.6 is 0 Å². The van der Waals surface area contributed by atoms with Crippen LogP contribution in [0.1, 0.15) is 13.8 Å². The summed E-state index contributed by atoms with van der Waals surface area (Å²) in [5, 5.41) is 9.39. The van der Waals surface area contributed by atoms with Gasteiger partial charge >= 0.3 is 0 Å². The summed E-state index contributed by atoms with van der Waals surface area (Å²) in [7, 11) is 0. The molecule has 0 bridgehead atoms. The average molecular weight is 191 g/mol. The van der Waals surface area contributed by atoms with Crippen molar-refractivity contribution >= 4 is 0 Å². The summed E-state index contributed by atoms with van der Waals surface area (Å²) < 4.78 is 0. The topological polar surface area (TPSA) is 46.2 Å². The maximum absolute atomic E-state index is 9.39. The molecule has 2 heteroatoms. The van der Waals surface area contributed by atoms with E-state index in [9.17, 15) is 5.11 Å². The third-order valence-corrected chi connectivity index (χ3v) is 1.70. The van der Waals surface area contributed by atoms with E-state index in [4.69, 9.17) is 5.73 Å². The van der Waals surface area contributed by atoms with E-state index in [0.717, 1.165) is 11.1 Å². The third kappa shape index (κ3) is 3.35. The highest BCUT2D eigenvalue weighted by Crippen LogP contribution is 2.15. The number of hydrogen-bond acceptors (Lipinski definition) is 2. The van der Waals surface area contributed by atoms with Gasteiger partial charge in [0.05, 0.1) is 5.70 Å². The maximum Gasteiger partial charge on any atom is 0.138 e. The zero-order chi connectivity index (χ0) is 11.1. The Labute approximate surface area is 85.4 Å². The van der Waals surface area contributed by atoms with Crippen molar-refractivity contribution in [3.63, 3.8) is 0 Å². The van der Waals surface area contributed by atoms with Crippen molar-refractivity contribution in [1.82, 2.24) is 0 Å². The van der Waals surface area contributed by atoms with Crippen LogP contribution in [0, 0.1) is 0 Å². The molecule has 0 amide bonds. The minimum absolute atomic E-state index is 0.00471. The van der Waals surface area contributed by atoms with Gasteiger partial charge in [0.1, 0.15) is 5.76 Å². The van der Waals surface area contributed by atoms with E-state index in [1.165, 1.54) is 6.08 Å².